The fourth-order valence-electron chi connectivity index (χ4n) is 2.58. The minimum Gasteiger partial charge on any atom is -0.404 e. The van der Waals surface area contributed by atoms with Crippen molar-refractivity contribution in [3.8, 4) is 0 Å². The molecular formula is C18H19N7O. The third-order valence-corrected chi connectivity index (χ3v) is 3.59. The number of aliphatic imine (C=N–C) groups is 1. The molecule has 1 aromatic carbocycles. The quantitative estimate of drug-likeness (QED) is 0.492. The summed E-state index contributed by atoms with van der Waals surface area (Å²) in [6.45, 7) is 3.97. The van der Waals surface area contributed by atoms with Gasteiger partial charge in [-0.2, -0.15) is 5.10 Å². The van der Waals surface area contributed by atoms with Crippen LogP contribution in [0.5, 0.6) is 0 Å². The van der Waals surface area contributed by atoms with E-state index in [9.17, 15) is 4.79 Å². The van der Waals surface area contributed by atoms with Crippen molar-refractivity contribution >= 4 is 28.9 Å². The molecule has 0 aliphatic rings. The Balaban J connectivity index is 1.93. The van der Waals surface area contributed by atoms with Gasteiger partial charge in [-0.1, -0.05) is 6.07 Å². The monoisotopic (exact) mass is 349 g/mol. The Hall–Kier alpha value is -3.68. The molecule has 0 fully saturated rings. The number of amides is 1. The van der Waals surface area contributed by atoms with E-state index in [0.717, 1.165) is 16.8 Å². The highest BCUT2D eigenvalue weighted by molar-refractivity contribution is 6.12. The van der Waals surface area contributed by atoms with Gasteiger partial charge in [0.1, 0.15) is 17.2 Å². The van der Waals surface area contributed by atoms with E-state index >= 15 is 0 Å². The number of hydrogen-bond acceptors (Lipinski definition) is 6. The lowest BCUT2D eigenvalue weighted by molar-refractivity contribution is 0.0978. The first-order chi connectivity index (χ1) is 12.5. The van der Waals surface area contributed by atoms with E-state index in [4.69, 9.17) is 11.5 Å². The number of carbonyl (C=O) groups is 1. The van der Waals surface area contributed by atoms with Gasteiger partial charge in [0.25, 0.3) is 5.91 Å². The van der Waals surface area contributed by atoms with Crippen molar-refractivity contribution in [1.29, 1.82) is 0 Å². The summed E-state index contributed by atoms with van der Waals surface area (Å²) in [6, 6.07) is 7.49. The zero-order chi connectivity index (χ0) is 18.7. The molecule has 0 atom stereocenters. The molecule has 3 aromatic rings. The van der Waals surface area contributed by atoms with Gasteiger partial charge in [-0.25, -0.2) is 14.5 Å². The van der Waals surface area contributed by atoms with Gasteiger partial charge in [0.15, 0.2) is 5.65 Å². The Morgan fingerprint density at radius 1 is 1.27 bits per heavy atom. The van der Waals surface area contributed by atoms with Gasteiger partial charge in [-0.3, -0.25) is 4.79 Å². The molecular weight excluding hydrogens is 330 g/mol. The number of nitrogens with one attached hydrogen (secondary N) is 1. The summed E-state index contributed by atoms with van der Waals surface area (Å²) in [5.74, 6) is 0.211. The van der Waals surface area contributed by atoms with Crippen molar-refractivity contribution in [3.05, 3.63) is 65.6 Å². The van der Waals surface area contributed by atoms with Crippen LogP contribution in [0.15, 0.2) is 53.9 Å². The second kappa shape index (κ2) is 7.06. The van der Waals surface area contributed by atoms with E-state index in [0.29, 0.717) is 17.3 Å². The predicted molar refractivity (Wildman–Crippen MR) is 101 cm³/mol. The van der Waals surface area contributed by atoms with Crippen molar-refractivity contribution in [1.82, 2.24) is 19.9 Å². The number of nitrogens with two attached hydrogens (primary N) is 2. The molecule has 0 saturated heterocycles. The molecule has 0 unspecified atom stereocenters. The highest BCUT2D eigenvalue weighted by Gasteiger charge is 2.15. The number of carbonyl (C=O) groups excluding carboxylic acids is 1. The van der Waals surface area contributed by atoms with Crippen molar-refractivity contribution in [2.45, 2.75) is 13.8 Å². The Morgan fingerprint density at radius 3 is 2.69 bits per heavy atom. The number of benzene rings is 1. The first-order valence-electron chi connectivity index (χ1n) is 7.93. The Morgan fingerprint density at radius 2 is 2.00 bits per heavy atom. The lowest BCUT2D eigenvalue weighted by atomic mass is 10.1. The van der Waals surface area contributed by atoms with Gasteiger partial charge < -0.3 is 16.8 Å². The molecule has 0 saturated carbocycles. The van der Waals surface area contributed by atoms with Crippen LogP contribution in [0.25, 0.3) is 5.65 Å². The average Bonchev–Trinajstić information content (AvgIpc) is 2.97. The zero-order valence-corrected chi connectivity index (χ0v) is 14.5. The minimum atomic E-state index is -0.403. The highest BCUT2D eigenvalue weighted by Crippen LogP contribution is 2.17. The maximum Gasteiger partial charge on any atom is 0.262 e. The third-order valence-electron chi connectivity index (χ3n) is 3.59. The predicted octanol–water partition coefficient (Wildman–Crippen LogP) is 1.86. The Labute approximate surface area is 150 Å². The van der Waals surface area contributed by atoms with E-state index in [2.05, 4.69) is 20.4 Å². The maximum atomic E-state index is 12.6. The van der Waals surface area contributed by atoms with Crippen molar-refractivity contribution in [2.75, 3.05) is 5.73 Å². The SMILES string of the molecule is Cc1cc(C)cc(N=C(C=CN)NC(=O)c2cnn3ccc(N)nc23)c1. The summed E-state index contributed by atoms with van der Waals surface area (Å²) >= 11 is 0. The highest BCUT2D eigenvalue weighted by atomic mass is 16.1. The number of anilines is 1. The molecule has 0 spiro atoms. The van der Waals surface area contributed by atoms with E-state index in [1.165, 1.54) is 23.0 Å². The Bertz CT molecular complexity index is 1010. The van der Waals surface area contributed by atoms with E-state index in [1.54, 1.807) is 12.3 Å². The average molecular weight is 349 g/mol. The molecule has 0 aliphatic heterocycles. The maximum absolute atomic E-state index is 12.6. The first-order valence-corrected chi connectivity index (χ1v) is 7.93. The van der Waals surface area contributed by atoms with Gasteiger partial charge in [0, 0.05) is 6.20 Å². The molecule has 3 rings (SSSR count). The van der Waals surface area contributed by atoms with E-state index in [-0.39, 0.29) is 5.56 Å². The second-order valence-electron chi connectivity index (χ2n) is 5.84. The van der Waals surface area contributed by atoms with Gasteiger partial charge >= 0.3 is 0 Å². The molecule has 132 valence electrons. The fraction of sp³-hybridized carbons (Fsp3) is 0.111. The van der Waals surface area contributed by atoms with Crippen molar-refractivity contribution in [3.63, 3.8) is 0 Å². The second-order valence-corrected chi connectivity index (χ2v) is 5.84. The van der Waals surface area contributed by atoms with Crippen molar-refractivity contribution in [2.24, 2.45) is 10.7 Å². The topological polar surface area (TPSA) is 124 Å². The number of nitrogens with zero attached hydrogens (tertiary/aromatic N) is 4. The lowest BCUT2D eigenvalue weighted by Crippen LogP contribution is -2.29. The Kier molecular flexibility index (Phi) is 4.66. The molecule has 8 heteroatoms. The van der Waals surface area contributed by atoms with Crippen LogP contribution in [-0.2, 0) is 0 Å². The van der Waals surface area contributed by atoms with E-state index in [1.807, 2.05) is 32.0 Å². The van der Waals surface area contributed by atoms with Crippen LogP contribution in [0, 0.1) is 13.8 Å². The lowest BCUT2D eigenvalue weighted by Gasteiger charge is -2.06. The molecule has 0 aliphatic carbocycles. The summed E-state index contributed by atoms with van der Waals surface area (Å²) in [5, 5.41) is 6.83. The third kappa shape index (κ3) is 3.69. The van der Waals surface area contributed by atoms with Gasteiger partial charge in [0.2, 0.25) is 0 Å². The smallest absolute Gasteiger partial charge is 0.262 e. The normalized spacial score (nSPS) is 12.0. The van der Waals surface area contributed by atoms with Gasteiger partial charge in [-0.05, 0) is 55.4 Å². The van der Waals surface area contributed by atoms with Crippen LogP contribution in [0.3, 0.4) is 0 Å². The van der Waals surface area contributed by atoms with Crippen LogP contribution in [0.2, 0.25) is 0 Å². The fourth-order valence-corrected chi connectivity index (χ4v) is 2.58. The van der Waals surface area contributed by atoms with Crippen LogP contribution in [0.4, 0.5) is 11.5 Å². The molecule has 5 N–H and O–H groups in total. The molecule has 26 heavy (non-hydrogen) atoms. The molecule has 1 amide bonds. The molecule has 8 nitrogen and oxygen atoms in total. The number of nitrogen functional groups attached to an aromatic ring is 1. The number of fused-ring (bicyclic) bond motifs is 1. The number of hydrogen-bond donors (Lipinski definition) is 3. The van der Waals surface area contributed by atoms with Crippen molar-refractivity contribution < 1.29 is 4.79 Å². The molecule has 0 radical (unpaired) electrons. The standard InChI is InChI=1S/C18H19N7O/c1-11-7-12(2)9-13(8-11)22-16(3-5-19)24-18(26)14-10-21-25-6-4-15(20)23-17(14)25/h3-10H,19H2,1-2H3,(H2,20,23)(H,22,24,26). The van der Waals surface area contributed by atoms with Crippen LogP contribution < -0.4 is 16.8 Å². The summed E-state index contributed by atoms with van der Waals surface area (Å²) in [7, 11) is 0. The number of rotatable bonds is 3. The minimum absolute atomic E-state index is 0.288. The van der Waals surface area contributed by atoms with Crippen LogP contribution >= 0.6 is 0 Å². The number of amidine groups is 1. The first kappa shape index (κ1) is 17.2. The summed E-state index contributed by atoms with van der Waals surface area (Å²) < 4.78 is 1.48. The molecule has 0 bridgehead atoms. The number of aromatic nitrogens is 3. The van der Waals surface area contributed by atoms with E-state index < -0.39 is 5.91 Å². The van der Waals surface area contributed by atoms with Crippen LogP contribution in [-0.4, -0.2) is 26.3 Å². The van der Waals surface area contributed by atoms with Crippen LogP contribution in [0.1, 0.15) is 21.5 Å². The van der Waals surface area contributed by atoms with Gasteiger partial charge in [-0.15, -0.1) is 0 Å². The summed E-state index contributed by atoms with van der Waals surface area (Å²) in [6.07, 6.45) is 5.90. The number of aryl methyl sites for hydroxylation is 2. The molecule has 2 aromatic heterocycles. The summed E-state index contributed by atoms with van der Waals surface area (Å²) in [4.78, 5) is 21.3. The van der Waals surface area contributed by atoms with Gasteiger partial charge in [0.05, 0.1) is 11.9 Å². The molecule has 2 heterocycles. The largest absolute Gasteiger partial charge is 0.404 e. The zero-order valence-electron chi connectivity index (χ0n) is 14.5. The summed E-state index contributed by atoms with van der Waals surface area (Å²) in [5.41, 5.74) is 14.7.